The maximum absolute atomic E-state index is 10.8. The standard InChI is InChI=1S/C12H16O3S/c13-12(14)9-3-5-10(6-4-9)15-8-11-2-1-7-16-11/h1-2,7,9-10H,3-6,8H2,(H,13,14). The molecular formula is C12H16O3S. The first-order chi connectivity index (χ1) is 7.75. The molecule has 0 aliphatic heterocycles. The quantitative estimate of drug-likeness (QED) is 0.880. The van der Waals surface area contributed by atoms with Crippen molar-refractivity contribution < 1.29 is 14.6 Å². The van der Waals surface area contributed by atoms with Crippen LogP contribution in [-0.4, -0.2) is 17.2 Å². The van der Waals surface area contributed by atoms with Crippen LogP contribution in [0.5, 0.6) is 0 Å². The first-order valence-electron chi connectivity index (χ1n) is 5.62. The van der Waals surface area contributed by atoms with Crippen LogP contribution in [0.3, 0.4) is 0 Å². The lowest BCUT2D eigenvalue weighted by Gasteiger charge is -2.25. The Labute approximate surface area is 99.1 Å². The fourth-order valence-electron chi connectivity index (χ4n) is 2.07. The van der Waals surface area contributed by atoms with E-state index < -0.39 is 5.97 Å². The summed E-state index contributed by atoms with van der Waals surface area (Å²) in [7, 11) is 0. The highest BCUT2D eigenvalue weighted by molar-refractivity contribution is 7.09. The summed E-state index contributed by atoms with van der Waals surface area (Å²) >= 11 is 1.70. The topological polar surface area (TPSA) is 46.5 Å². The summed E-state index contributed by atoms with van der Waals surface area (Å²) in [5, 5.41) is 10.9. The molecule has 1 aromatic rings. The average Bonchev–Trinajstić information content (AvgIpc) is 2.80. The normalized spacial score (nSPS) is 25.5. The second-order valence-corrected chi connectivity index (χ2v) is 5.23. The molecule has 1 aliphatic rings. The molecule has 0 amide bonds. The van der Waals surface area contributed by atoms with Crippen molar-refractivity contribution in [2.75, 3.05) is 0 Å². The van der Waals surface area contributed by atoms with Gasteiger partial charge in [-0.25, -0.2) is 0 Å². The Morgan fingerprint density at radius 3 is 2.75 bits per heavy atom. The average molecular weight is 240 g/mol. The number of carboxylic acid groups (broad SMARTS) is 1. The van der Waals surface area contributed by atoms with Crippen LogP contribution in [0.1, 0.15) is 30.6 Å². The predicted molar refractivity (Wildman–Crippen MR) is 62.5 cm³/mol. The van der Waals surface area contributed by atoms with Crippen molar-refractivity contribution in [2.45, 2.75) is 38.4 Å². The Morgan fingerprint density at radius 2 is 2.19 bits per heavy atom. The minimum atomic E-state index is -0.656. The molecule has 88 valence electrons. The molecule has 1 N–H and O–H groups in total. The molecule has 0 aromatic carbocycles. The van der Waals surface area contributed by atoms with E-state index in [1.807, 2.05) is 11.4 Å². The van der Waals surface area contributed by atoms with Crippen LogP contribution >= 0.6 is 11.3 Å². The Kier molecular flexibility index (Phi) is 3.96. The zero-order valence-corrected chi connectivity index (χ0v) is 9.91. The van der Waals surface area contributed by atoms with Gasteiger partial charge in [-0.2, -0.15) is 0 Å². The summed E-state index contributed by atoms with van der Waals surface area (Å²) in [6, 6.07) is 4.08. The molecule has 1 fully saturated rings. The monoisotopic (exact) mass is 240 g/mol. The number of carboxylic acids is 1. The van der Waals surface area contributed by atoms with Crippen molar-refractivity contribution in [3.63, 3.8) is 0 Å². The lowest BCUT2D eigenvalue weighted by Crippen LogP contribution is -2.25. The lowest BCUT2D eigenvalue weighted by molar-refractivity contribution is -0.143. The van der Waals surface area contributed by atoms with Crippen molar-refractivity contribution in [3.05, 3.63) is 22.4 Å². The van der Waals surface area contributed by atoms with E-state index in [9.17, 15) is 4.79 Å². The van der Waals surface area contributed by atoms with E-state index in [0.29, 0.717) is 6.61 Å². The van der Waals surface area contributed by atoms with Crippen LogP contribution in [-0.2, 0) is 16.1 Å². The number of thiophene rings is 1. The first-order valence-corrected chi connectivity index (χ1v) is 6.50. The molecule has 3 nitrogen and oxygen atoms in total. The second kappa shape index (κ2) is 5.46. The third kappa shape index (κ3) is 3.06. The molecule has 1 saturated carbocycles. The van der Waals surface area contributed by atoms with Gasteiger partial charge in [0.15, 0.2) is 0 Å². The molecule has 4 heteroatoms. The van der Waals surface area contributed by atoms with Gasteiger partial charge in [0, 0.05) is 4.88 Å². The Bertz CT molecular complexity index is 326. The number of aliphatic carboxylic acids is 1. The molecule has 2 rings (SSSR count). The van der Waals surface area contributed by atoms with Crippen molar-refractivity contribution in [3.8, 4) is 0 Å². The molecule has 0 radical (unpaired) electrons. The highest BCUT2D eigenvalue weighted by Crippen LogP contribution is 2.27. The van der Waals surface area contributed by atoms with Gasteiger partial charge in [-0.1, -0.05) is 6.07 Å². The number of ether oxygens (including phenoxy) is 1. The molecule has 1 aliphatic carbocycles. The summed E-state index contributed by atoms with van der Waals surface area (Å²) in [4.78, 5) is 12.0. The molecule has 1 aromatic heterocycles. The van der Waals surface area contributed by atoms with Crippen LogP contribution in [0.4, 0.5) is 0 Å². The van der Waals surface area contributed by atoms with Crippen LogP contribution in [0, 0.1) is 5.92 Å². The Hall–Kier alpha value is -0.870. The van der Waals surface area contributed by atoms with Crippen LogP contribution in [0.2, 0.25) is 0 Å². The van der Waals surface area contributed by atoms with Crippen molar-refractivity contribution in [1.29, 1.82) is 0 Å². The fraction of sp³-hybridized carbons (Fsp3) is 0.583. The summed E-state index contributed by atoms with van der Waals surface area (Å²) in [5.41, 5.74) is 0. The SMILES string of the molecule is O=C(O)C1CCC(OCc2cccs2)CC1. The zero-order valence-electron chi connectivity index (χ0n) is 9.09. The zero-order chi connectivity index (χ0) is 11.4. The number of carbonyl (C=O) groups is 1. The molecular weight excluding hydrogens is 224 g/mol. The smallest absolute Gasteiger partial charge is 0.306 e. The largest absolute Gasteiger partial charge is 0.481 e. The summed E-state index contributed by atoms with van der Waals surface area (Å²) in [6.45, 7) is 0.667. The molecule has 1 heterocycles. The van der Waals surface area contributed by atoms with E-state index in [-0.39, 0.29) is 12.0 Å². The summed E-state index contributed by atoms with van der Waals surface area (Å²) < 4.78 is 5.77. The minimum absolute atomic E-state index is 0.151. The van der Waals surface area contributed by atoms with Gasteiger partial charge >= 0.3 is 5.97 Å². The molecule has 0 atom stereocenters. The van der Waals surface area contributed by atoms with Crippen molar-refractivity contribution in [1.82, 2.24) is 0 Å². The van der Waals surface area contributed by atoms with Crippen LogP contribution in [0.15, 0.2) is 17.5 Å². The van der Waals surface area contributed by atoms with Gasteiger partial charge < -0.3 is 9.84 Å². The number of rotatable bonds is 4. The van der Waals surface area contributed by atoms with Gasteiger partial charge in [-0.3, -0.25) is 4.79 Å². The minimum Gasteiger partial charge on any atom is -0.481 e. The van der Waals surface area contributed by atoms with Gasteiger partial charge in [-0.05, 0) is 37.1 Å². The fourth-order valence-corrected chi connectivity index (χ4v) is 2.70. The molecule has 0 unspecified atom stereocenters. The van der Waals surface area contributed by atoms with E-state index >= 15 is 0 Å². The van der Waals surface area contributed by atoms with Gasteiger partial charge in [0.1, 0.15) is 0 Å². The van der Waals surface area contributed by atoms with Gasteiger partial charge in [0.05, 0.1) is 18.6 Å². The highest BCUT2D eigenvalue weighted by Gasteiger charge is 2.26. The molecule has 0 saturated heterocycles. The van der Waals surface area contributed by atoms with E-state index in [0.717, 1.165) is 25.7 Å². The summed E-state index contributed by atoms with van der Waals surface area (Å²) in [6.07, 6.45) is 3.51. The van der Waals surface area contributed by atoms with E-state index in [2.05, 4.69) is 6.07 Å². The van der Waals surface area contributed by atoms with Gasteiger partial charge in [0.25, 0.3) is 0 Å². The molecule has 16 heavy (non-hydrogen) atoms. The second-order valence-electron chi connectivity index (χ2n) is 4.20. The van der Waals surface area contributed by atoms with Crippen LogP contribution < -0.4 is 0 Å². The third-order valence-corrected chi connectivity index (χ3v) is 3.91. The Balaban J connectivity index is 1.71. The van der Waals surface area contributed by atoms with E-state index in [1.54, 1.807) is 11.3 Å². The molecule has 0 bridgehead atoms. The van der Waals surface area contributed by atoms with Crippen molar-refractivity contribution >= 4 is 17.3 Å². The lowest BCUT2D eigenvalue weighted by atomic mass is 9.87. The molecule has 0 spiro atoms. The number of hydrogen-bond donors (Lipinski definition) is 1. The first kappa shape index (κ1) is 11.6. The maximum Gasteiger partial charge on any atom is 0.306 e. The highest BCUT2D eigenvalue weighted by atomic mass is 32.1. The number of hydrogen-bond acceptors (Lipinski definition) is 3. The maximum atomic E-state index is 10.8. The van der Waals surface area contributed by atoms with E-state index in [4.69, 9.17) is 9.84 Å². The Morgan fingerprint density at radius 1 is 1.44 bits per heavy atom. The van der Waals surface area contributed by atoms with Gasteiger partial charge in [-0.15, -0.1) is 11.3 Å². The van der Waals surface area contributed by atoms with Gasteiger partial charge in [0.2, 0.25) is 0 Å². The van der Waals surface area contributed by atoms with Crippen molar-refractivity contribution in [2.24, 2.45) is 5.92 Å². The van der Waals surface area contributed by atoms with E-state index in [1.165, 1.54) is 4.88 Å². The third-order valence-electron chi connectivity index (χ3n) is 3.06. The predicted octanol–water partition coefficient (Wildman–Crippen LogP) is 2.91. The summed E-state index contributed by atoms with van der Waals surface area (Å²) in [5.74, 6) is -0.807. The van der Waals surface area contributed by atoms with Crippen LogP contribution in [0.25, 0.3) is 0 Å².